The maximum atomic E-state index is 13.6. The number of carboxylic acid groups (broad SMARTS) is 3. The van der Waals surface area contributed by atoms with Gasteiger partial charge in [0.2, 0.25) is 17.7 Å². The Hall–Kier alpha value is -5.44. The molecule has 0 aliphatic rings. The van der Waals surface area contributed by atoms with Gasteiger partial charge >= 0.3 is 17.9 Å². The van der Waals surface area contributed by atoms with Crippen molar-refractivity contribution in [3.05, 3.63) is 65.9 Å². The number of rotatable bonds is 17. The van der Waals surface area contributed by atoms with Crippen molar-refractivity contribution in [2.24, 2.45) is 5.73 Å². The zero-order valence-corrected chi connectivity index (χ0v) is 24.1. The van der Waals surface area contributed by atoms with Crippen LogP contribution in [0, 0.1) is 0 Å². The van der Waals surface area contributed by atoms with E-state index in [0.29, 0.717) is 11.1 Å². The topological polar surface area (TPSA) is 261 Å². The summed E-state index contributed by atoms with van der Waals surface area (Å²) in [5, 5.41) is 45.0. The maximum Gasteiger partial charge on any atom is 0.326 e. The number of aromatic nitrogens is 1. The van der Waals surface area contributed by atoms with Crippen molar-refractivity contribution in [3.63, 3.8) is 0 Å². The Bertz CT molecular complexity index is 1540. The average molecular weight is 626 g/mol. The van der Waals surface area contributed by atoms with Crippen LogP contribution in [0.15, 0.2) is 54.7 Å². The van der Waals surface area contributed by atoms with Gasteiger partial charge < -0.3 is 47.1 Å². The van der Waals surface area contributed by atoms with E-state index in [2.05, 4.69) is 20.9 Å². The van der Waals surface area contributed by atoms with E-state index in [0.717, 1.165) is 10.9 Å². The van der Waals surface area contributed by atoms with Gasteiger partial charge in [-0.25, -0.2) is 4.79 Å². The number of hydrogen-bond acceptors (Lipinski definition) is 8. The van der Waals surface area contributed by atoms with Gasteiger partial charge in [-0.2, -0.15) is 0 Å². The fourth-order valence-corrected chi connectivity index (χ4v) is 4.59. The monoisotopic (exact) mass is 625 g/mol. The summed E-state index contributed by atoms with van der Waals surface area (Å²) in [5.74, 6) is -6.66. The molecule has 0 saturated heterocycles. The molecule has 3 rings (SSSR count). The molecular weight excluding hydrogens is 590 g/mol. The number of nitrogens with two attached hydrogens (primary N) is 1. The number of aromatic hydroxyl groups is 1. The first-order chi connectivity index (χ1) is 21.3. The van der Waals surface area contributed by atoms with Gasteiger partial charge in [0, 0.05) is 36.4 Å². The average Bonchev–Trinajstić information content (AvgIpc) is 3.40. The molecule has 0 spiro atoms. The molecule has 15 heteroatoms. The molecule has 0 saturated carbocycles. The molecule has 10 N–H and O–H groups in total. The molecule has 0 bridgehead atoms. The van der Waals surface area contributed by atoms with E-state index < -0.39 is 85.5 Å². The third-order valence-corrected chi connectivity index (χ3v) is 7.00. The lowest BCUT2D eigenvalue weighted by Crippen LogP contribution is -2.57. The first-order valence-corrected chi connectivity index (χ1v) is 14.0. The lowest BCUT2D eigenvalue weighted by Gasteiger charge is -2.25. The van der Waals surface area contributed by atoms with Crippen LogP contribution >= 0.6 is 0 Å². The zero-order chi connectivity index (χ0) is 33.1. The number of hydrogen-bond donors (Lipinski definition) is 9. The van der Waals surface area contributed by atoms with Crippen molar-refractivity contribution >= 4 is 46.5 Å². The summed E-state index contributed by atoms with van der Waals surface area (Å²) < 4.78 is 0. The van der Waals surface area contributed by atoms with E-state index in [1.165, 1.54) is 12.1 Å². The Morgan fingerprint density at radius 3 is 1.89 bits per heavy atom. The number of fused-ring (bicyclic) bond motifs is 1. The number of phenolic OH excluding ortho intramolecular Hbond substituents is 1. The SMILES string of the molecule is NC(Cc1ccc(O)cc1)C(=O)NC(Cc1c[nH]c2ccccc12)C(=O)NC(CCC(=O)O)C(=O)NC(CCC(=O)O)C(=O)O. The second-order valence-corrected chi connectivity index (χ2v) is 10.4. The molecule has 240 valence electrons. The van der Waals surface area contributed by atoms with Gasteiger partial charge in [0.1, 0.15) is 23.9 Å². The number of aromatic amines is 1. The van der Waals surface area contributed by atoms with Gasteiger partial charge in [0.15, 0.2) is 0 Å². The highest BCUT2D eigenvalue weighted by molar-refractivity contribution is 5.95. The summed E-state index contributed by atoms with van der Waals surface area (Å²) in [6, 6.07) is 7.71. The molecule has 1 heterocycles. The third kappa shape index (κ3) is 10.4. The highest BCUT2D eigenvalue weighted by atomic mass is 16.4. The van der Waals surface area contributed by atoms with Gasteiger partial charge in [-0.3, -0.25) is 24.0 Å². The van der Waals surface area contributed by atoms with Gasteiger partial charge in [-0.15, -0.1) is 0 Å². The minimum absolute atomic E-state index is 0.0327. The number of phenols is 1. The van der Waals surface area contributed by atoms with Crippen LogP contribution in [0.5, 0.6) is 5.75 Å². The van der Waals surface area contributed by atoms with Crippen LogP contribution in [-0.2, 0) is 41.6 Å². The number of carbonyl (C=O) groups excluding carboxylic acids is 3. The molecule has 3 aromatic rings. The summed E-state index contributed by atoms with van der Waals surface area (Å²) in [7, 11) is 0. The molecular formula is C30H35N5O10. The minimum atomic E-state index is -1.61. The molecule has 0 fully saturated rings. The molecule has 1 aromatic heterocycles. The molecule has 3 amide bonds. The Morgan fingerprint density at radius 2 is 1.27 bits per heavy atom. The molecule has 0 aliphatic heterocycles. The highest BCUT2D eigenvalue weighted by Crippen LogP contribution is 2.20. The molecule has 45 heavy (non-hydrogen) atoms. The van der Waals surface area contributed by atoms with Crippen molar-refractivity contribution in [3.8, 4) is 5.75 Å². The van der Waals surface area contributed by atoms with Crippen molar-refractivity contribution in [2.75, 3.05) is 0 Å². The second kappa shape index (κ2) is 15.9. The molecule has 0 radical (unpaired) electrons. The van der Waals surface area contributed by atoms with Gasteiger partial charge in [-0.1, -0.05) is 30.3 Å². The van der Waals surface area contributed by atoms with E-state index in [9.17, 15) is 44.1 Å². The second-order valence-electron chi connectivity index (χ2n) is 10.4. The number of para-hydroxylation sites is 1. The fraction of sp³-hybridized carbons (Fsp3) is 0.333. The lowest BCUT2D eigenvalue weighted by atomic mass is 10.0. The third-order valence-electron chi connectivity index (χ3n) is 7.00. The fourth-order valence-electron chi connectivity index (χ4n) is 4.59. The van der Waals surface area contributed by atoms with Crippen LogP contribution in [-0.4, -0.2) is 85.2 Å². The van der Waals surface area contributed by atoms with Crippen molar-refractivity contribution in [1.82, 2.24) is 20.9 Å². The van der Waals surface area contributed by atoms with Crippen LogP contribution in [0.2, 0.25) is 0 Å². The Kier molecular flexibility index (Phi) is 12.0. The number of carboxylic acids is 3. The predicted octanol–water partition coefficient (Wildman–Crippen LogP) is 0.255. The van der Waals surface area contributed by atoms with Crippen LogP contribution in [0.3, 0.4) is 0 Å². The van der Waals surface area contributed by atoms with Crippen molar-refractivity contribution in [1.29, 1.82) is 0 Å². The van der Waals surface area contributed by atoms with Gasteiger partial charge in [0.05, 0.1) is 6.04 Å². The van der Waals surface area contributed by atoms with Crippen molar-refractivity contribution in [2.45, 2.75) is 62.7 Å². The lowest BCUT2D eigenvalue weighted by molar-refractivity contribution is -0.144. The number of benzene rings is 2. The Balaban J connectivity index is 1.84. The standard InChI is InChI=1S/C30H35N5O10/c31-20(13-16-5-7-18(36)8-6-16)27(41)35-24(14-17-15-32-21-4-2-1-3-19(17)21)29(43)33-22(9-11-25(37)38)28(42)34-23(30(44)45)10-12-26(39)40/h1-8,15,20,22-24,32,36H,9-14,31H2,(H,33,43)(H,34,42)(H,35,41)(H,37,38)(H,39,40)(H,44,45). The molecule has 2 aromatic carbocycles. The highest BCUT2D eigenvalue weighted by Gasteiger charge is 2.31. The summed E-state index contributed by atoms with van der Waals surface area (Å²) in [4.78, 5) is 76.8. The molecule has 4 unspecified atom stereocenters. The molecule has 0 aliphatic carbocycles. The van der Waals surface area contributed by atoms with Crippen molar-refractivity contribution < 1.29 is 49.2 Å². The smallest absolute Gasteiger partial charge is 0.326 e. The largest absolute Gasteiger partial charge is 0.508 e. The quantitative estimate of drug-likeness (QED) is 0.0982. The summed E-state index contributed by atoms with van der Waals surface area (Å²) in [5.41, 5.74) is 8.18. The van der Waals surface area contributed by atoms with Gasteiger partial charge in [-0.05, 0) is 48.6 Å². The number of carbonyl (C=O) groups is 6. The zero-order valence-electron chi connectivity index (χ0n) is 24.1. The Morgan fingerprint density at radius 1 is 0.711 bits per heavy atom. The summed E-state index contributed by atoms with van der Waals surface area (Å²) in [6.45, 7) is 0. The number of amides is 3. The minimum Gasteiger partial charge on any atom is -0.508 e. The van der Waals surface area contributed by atoms with Crippen LogP contribution in [0.1, 0.15) is 36.8 Å². The van der Waals surface area contributed by atoms with E-state index in [-0.39, 0.29) is 18.6 Å². The summed E-state index contributed by atoms with van der Waals surface area (Å²) >= 11 is 0. The number of H-pyrrole nitrogens is 1. The van der Waals surface area contributed by atoms with Crippen LogP contribution < -0.4 is 21.7 Å². The Labute approximate surface area is 256 Å². The summed E-state index contributed by atoms with van der Waals surface area (Å²) in [6.07, 6.45) is -0.335. The van der Waals surface area contributed by atoms with Gasteiger partial charge in [0.25, 0.3) is 0 Å². The number of aliphatic carboxylic acids is 3. The van der Waals surface area contributed by atoms with Crippen LogP contribution in [0.4, 0.5) is 0 Å². The maximum absolute atomic E-state index is 13.6. The predicted molar refractivity (Wildman–Crippen MR) is 159 cm³/mol. The number of nitrogens with one attached hydrogen (secondary N) is 4. The first kappa shape index (κ1) is 34.1. The molecule has 4 atom stereocenters. The molecule has 15 nitrogen and oxygen atoms in total. The van der Waals surface area contributed by atoms with E-state index >= 15 is 0 Å². The van der Waals surface area contributed by atoms with Crippen LogP contribution in [0.25, 0.3) is 10.9 Å². The van der Waals surface area contributed by atoms with E-state index in [1.807, 2.05) is 12.1 Å². The normalized spacial score (nSPS) is 13.6. The van der Waals surface area contributed by atoms with E-state index in [4.69, 9.17) is 10.8 Å². The van der Waals surface area contributed by atoms with E-state index in [1.54, 1.807) is 30.5 Å². The first-order valence-electron chi connectivity index (χ1n) is 14.0.